The minimum Gasteiger partial charge on any atom is -0.439 e. The van der Waals surface area contributed by atoms with Crippen LogP contribution in [0.5, 0.6) is 11.6 Å². The van der Waals surface area contributed by atoms with Crippen LogP contribution in [0.1, 0.15) is 30.1 Å². The van der Waals surface area contributed by atoms with Crippen LogP contribution < -0.4 is 10.1 Å². The highest BCUT2D eigenvalue weighted by molar-refractivity contribution is 5.95. The van der Waals surface area contributed by atoms with Crippen molar-refractivity contribution < 1.29 is 9.53 Å². The van der Waals surface area contributed by atoms with Gasteiger partial charge in [0.2, 0.25) is 5.88 Å². The molecule has 0 aliphatic rings. The molecule has 1 amide bonds. The minimum atomic E-state index is -0.0740. The highest BCUT2D eigenvalue weighted by Crippen LogP contribution is 2.24. The van der Waals surface area contributed by atoms with Gasteiger partial charge in [0.1, 0.15) is 12.1 Å². The number of amides is 1. The smallest absolute Gasteiger partial charge is 0.251 e. The van der Waals surface area contributed by atoms with Crippen molar-refractivity contribution in [2.75, 3.05) is 6.54 Å². The summed E-state index contributed by atoms with van der Waals surface area (Å²) in [5.74, 6) is 1.09. The molecule has 0 saturated heterocycles. The predicted molar refractivity (Wildman–Crippen MR) is 101 cm³/mol. The normalized spacial score (nSPS) is 10.3. The Morgan fingerprint density at radius 2 is 1.88 bits per heavy atom. The summed E-state index contributed by atoms with van der Waals surface area (Å²) in [6, 6.07) is 18.6. The van der Waals surface area contributed by atoms with Crippen LogP contribution in [0.25, 0.3) is 11.3 Å². The lowest BCUT2D eigenvalue weighted by molar-refractivity contribution is 0.0953. The second kappa shape index (κ2) is 8.76. The second-order valence-corrected chi connectivity index (χ2v) is 5.85. The quantitative estimate of drug-likeness (QED) is 0.641. The molecule has 1 N–H and O–H groups in total. The molecule has 0 bridgehead atoms. The third-order valence-electron chi connectivity index (χ3n) is 3.84. The van der Waals surface area contributed by atoms with Gasteiger partial charge in [0, 0.05) is 23.7 Å². The number of aromatic nitrogens is 2. The number of carbonyl (C=O) groups is 1. The van der Waals surface area contributed by atoms with E-state index in [0.29, 0.717) is 29.4 Å². The molecule has 3 rings (SSSR count). The van der Waals surface area contributed by atoms with Gasteiger partial charge in [0.05, 0.1) is 5.69 Å². The first kappa shape index (κ1) is 17.6. The van der Waals surface area contributed by atoms with Crippen molar-refractivity contribution in [2.45, 2.75) is 19.8 Å². The number of rotatable bonds is 7. The van der Waals surface area contributed by atoms with Crippen molar-refractivity contribution >= 4 is 5.91 Å². The first-order valence-corrected chi connectivity index (χ1v) is 8.70. The van der Waals surface area contributed by atoms with E-state index in [1.165, 1.54) is 6.33 Å². The maximum atomic E-state index is 12.2. The zero-order valence-corrected chi connectivity index (χ0v) is 14.7. The number of benzene rings is 2. The molecule has 2 aromatic carbocycles. The van der Waals surface area contributed by atoms with Crippen molar-refractivity contribution in [2.24, 2.45) is 0 Å². The van der Waals surface area contributed by atoms with Crippen molar-refractivity contribution in [3.63, 3.8) is 0 Å². The SMILES string of the molecule is CCCCNC(=O)c1cccc(-c2cc(Oc3ccccc3)ncn2)c1. The molecule has 0 spiro atoms. The summed E-state index contributed by atoms with van der Waals surface area (Å²) in [6.07, 6.45) is 3.48. The Balaban J connectivity index is 1.77. The van der Waals surface area contributed by atoms with Crippen molar-refractivity contribution in [1.82, 2.24) is 15.3 Å². The van der Waals surface area contributed by atoms with Gasteiger partial charge in [-0.2, -0.15) is 0 Å². The van der Waals surface area contributed by atoms with E-state index in [9.17, 15) is 4.79 Å². The number of nitrogens with zero attached hydrogens (tertiary/aromatic N) is 2. The molecule has 0 aliphatic heterocycles. The van der Waals surface area contributed by atoms with E-state index in [1.807, 2.05) is 48.5 Å². The molecule has 0 atom stereocenters. The third kappa shape index (κ3) is 4.66. The number of unbranched alkanes of at least 4 members (excludes halogenated alkanes) is 1. The number of hydrogen-bond donors (Lipinski definition) is 1. The molecule has 132 valence electrons. The van der Waals surface area contributed by atoms with Crippen LogP contribution in [0.3, 0.4) is 0 Å². The lowest BCUT2D eigenvalue weighted by atomic mass is 10.1. The van der Waals surface area contributed by atoms with E-state index in [1.54, 1.807) is 12.1 Å². The molecule has 0 fully saturated rings. The molecule has 0 unspecified atom stereocenters. The minimum absolute atomic E-state index is 0.0740. The van der Waals surface area contributed by atoms with Crippen LogP contribution in [0.4, 0.5) is 0 Å². The van der Waals surface area contributed by atoms with Gasteiger partial charge in [-0.3, -0.25) is 4.79 Å². The number of ether oxygens (including phenoxy) is 1. The van der Waals surface area contributed by atoms with Gasteiger partial charge in [0.25, 0.3) is 5.91 Å². The zero-order valence-electron chi connectivity index (χ0n) is 14.7. The summed E-state index contributed by atoms with van der Waals surface area (Å²) in [6.45, 7) is 2.78. The lowest BCUT2D eigenvalue weighted by Gasteiger charge is -2.08. The van der Waals surface area contributed by atoms with Gasteiger partial charge in [-0.25, -0.2) is 9.97 Å². The number of carbonyl (C=O) groups excluding carboxylic acids is 1. The topological polar surface area (TPSA) is 64.1 Å². The van der Waals surface area contributed by atoms with Crippen LogP contribution in [0.2, 0.25) is 0 Å². The van der Waals surface area contributed by atoms with Gasteiger partial charge in [0.15, 0.2) is 0 Å². The molecule has 5 nitrogen and oxygen atoms in total. The lowest BCUT2D eigenvalue weighted by Crippen LogP contribution is -2.24. The average Bonchev–Trinajstić information content (AvgIpc) is 2.69. The zero-order chi connectivity index (χ0) is 18.2. The van der Waals surface area contributed by atoms with E-state index in [0.717, 1.165) is 18.4 Å². The number of nitrogens with one attached hydrogen (secondary N) is 1. The Bertz CT molecular complexity index is 866. The van der Waals surface area contributed by atoms with Crippen LogP contribution in [-0.2, 0) is 0 Å². The molecular weight excluding hydrogens is 326 g/mol. The van der Waals surface area contributed by atoms with Crippen LogP contribution in [0.15, 0.2) is 67.0 Å². The Kier molecular flexibility index (Phi) is 5.93. The van der Waals surface area contributed by atoms with E-state index < -0.39 is 0 Å². The van der Waals surface area contributed by atoms with Crippen LogP contribution in [-0.4, -0.2) is 22.4 Å². The molecule has 1 heterocycles. The monoisotopic (exact) mass is 347 g/mol. The standard InChI is InChI=1S/C21H21N3O2/c1-2-3-12-22-21(25)17-9-7-8-16(13-17)19-14-20(24-15-23-19)26-18-10-5-4-6-11-18/h4-11,13-15H,2-3,12H2,1H3,(H,22,25). The fraction of sp³-hybridized carbons (Fsp3) is 0.190. The second-order valence-electron chi connectivity index (χ2n) is 5.85. The highest BCUT2D eigenvalue weighted by atomic mass is 16.5. The van der Waals surface area contributed by atoms with Crippen molar-refractivity contribution in [1.29, 1.82) is 0 Å². The average molecular weight is 347 g/mol. The first-order valence-electron chi connectivity index (χ1n) is 8.70. The molecule has 3 aromatic rings. The van der Waals surface area contributed by atoms with E-state index in [4.69, 9.17) is 4.74 Å². The molecule has 1 aromatic heterocycles. The van der Waals surface area contributed by atoms with Crippen LogP contribution in [0, 0.1) is 0 Å². The maximum absolute atomic E-state index is 12.2. The third-order valence-corrected chi connectivity index (χ3v) is 3.84. The number of para-hydroxylation sites is 1. The summed E-state index contributed by atoms with van der Waals surface area (Å²) in [5, 5.41) is 2.93. The molecule has 0 aliphatic carbocycles. The van der Waals surface area contributed by atoms with Crippen LogP contribution >= 0.6 is 0 Å². The Morgan fingerprint density at radius 3 is 2.69 bits per heavy atom. The molecule has 0 radical (unpaired) electrons. The fourth-order valence-electron chi connectivity index (χ4n) is 2.46. The Labute approximate surface area is 153 Å². The largest absolute Gasteiger partial charge is 0.439 e. The number of hydrogen-bond acceptors (Lipinski definition) is 4. The van der Waals surface area contributed by atoms with Gasteiger partial charge in [-0.1, -0.05) is 43.7 Å². The summed E-state index contributed by atoms with van der Waals surface area (Å²) in [4.78, 5) is 20.7. The summed E-state index contributed by atoms with van der Waals surface area (Å²) < 4.78 is 5.75. The van der Waals surface area contributed by atoms with Gasteiger partial charge >= 0.3 is 0 Å². The molecular formula is C21H21N3O2. The first-order chi connectivity index (χ1) is 12.8. The predicted octanol–water partition coefficient (Wildman–Crippen LogP) is 4.47. The van der Waals surface area contributed by atoms with Crippen molar-refractivity contribution in [3.05, 3.63) is 72.6 Å². The molecule has 5 heteroatoms. The highest BCUT2D eigenvalue weighted by Gasteiger charge is 2.09. The molecule has 26 heavy (non-hydrogen) atoms. The summed E-state index contributed by atoms with van der Waals surface area (Å²) >= 11 is 0. The van der Waals surface area contributed by atoms with Gasteiger partial charge < -0.3 is 10.1 Å². The summed E-state index contributed by atoms with van der Waals surface area (Å²) in [7, 11) is 0. The maximum Gasteiger partial charge on any atom is 0.251 e. The van der Waals surface area contributed by atoms with Crippen molar-refractivity contribution in [3.8, 4) is 22.9 Å². The van der Waals surface area contributed by atoms with E-state index in [2.05, 4.69) is 22.2 Å². The Hall–Kier alpha value is -3.21. The Morgan fingerprint density at radius 1 is 1.04 bits per heavy atom. The van der Waals surface area contributed by atoms with E-state index in [-0.39, 0.29) is 5.91 Å². The van der Waals surface area contributed by atoms with Gasteiger partial charge in [-0.05, 0) is 30.7 Å². The summed E-state index contributed by atoms with van der Waals surface area (Å²) in [5.41, 5.74) is 2.16. The molecule has 0 saturated carbocycles. The fourth-order valence-corrected chi connectivity index (χ4v) is 2.46. The van der Waals surface area contributed by atoms with Gasteiger partial charge in [-0.15, -0.1) is 0 Å². The van der Waals surface area contributed by atoms with E-state index >= 15 is 0 Å².